The van der Waals surface area contributed by atoms with Crippen molar-refractivity contribution in [2.24, 2.45) is 0 Å². The van der Waals surface area contributed by atoms with Crippen LogP contribution < -0.4 is 5.32 Å². The quantitative estimate of drug-likeness (QED) is 0.832. The van der Waals surface area contributed by atoms with Crippen LogP contribution in [-0.2, 0) is 11.3 Å². The lowest BCUT2D eigenvalue weighted by molar-refractivity contribution is 0.0523. The molecule has 0 unspecified atom stereocenters. The van der Waals surface area contributed by atoms with Crippen LogP contribution in [0.2, 0.25) is 0 Å². The Morgan fingerprint density at radius 2 is 2.21 bits per heavy atom. The molecule has 1 N–H and O–H groups in total. The van der Waals surface area contributed by atoms with E-state index in [9.17, 15) is 4.79 Å². The number of fused-ring (bicyclic) bond motifs is 1. The SMILES string of the molecule is CC(C)(C)OC(=O)NCc1ccc2nc(S)sc2c1. The summed E-state index contributed by atoms with van der Waals surface area (Å²) in [7, 11) is 0. The fourth-order valence-electron chi connectivity index (χ4n) is 1.56. The van der Waals surface area contributed by atoms with Gasteiger partial charge in [-0.2, -0.15) is 0 Å². The molecule has 4 nitrogen and oxygen atoms in total. The average molecular weight is 296 g/mol. The molecule has 0 aliphatic rings. The molecule has 102 valence electrons. The van der Waals surface area contributed by atoms with Crippen molar-refractivity contribution in [2.75, 3.05) is 0 Å². The Kier molecular flexibility index (Phi) is 4.01. The second-order valence-electron chi connectivity index (χ2n) is 5.15. The number of thiol groups is 1. The third kappa shape index (κ3) is 4.11. The summed E-state index contributed by atoms with van der Waals surface area (Å²) >= 11 is 5.75. The molecule has 0 aliphatic heterocycles. The Morgan fingerprint density at radius 3 is 2.89 bits per heavy atom. The highest BCUT2D eigenvalue weighted by molar-refractivity contribution is 7.82. The Hall–Kier alpha value is -1.27. The van der Waals surface area contributed by atoms with Crippen LogP contribution in [0.15, 0.2) is 22.5 Å². The van der Waals surface area contributed by atoms with Gasteiger partial charge in [0, 0.05) is 6.54 Å². The lowest BCUT2D eigenvalue weighted by Crippen LogP contribution is -2.32. The van der Waals surface area contributed by atoms with E-state index in [-0.39, 0.29) is 0 Å². The number of rotatable bonds is 2. The molecule has 2 rings (SSSR count). The van der Waals surface area contributed by atoms with Crippen molar-refractivity contribution in [1.29, 1.82) is 0 Å². The van der Waals surface area contributed by atoms with Crippen molar-refractivity contribution < 1.29 is 9.53 Å². The molecule has 19 heavy (non-hydrogen) atoms. The topological polar surface area (TPSA) is 51.2 Å². The fraction of sp³-hybridized carbons (Fsp3) is 0.385. The Balaban J connectivity index is 1.99. The van der Waals surface area contributed by atoms with Crippen LogP contribution in [0.4, 0.5) is 4.79 Å². The molecule has 0 saturated heterocycles. The van der Waals surface area contributed by atoms with E-state index in [4.69, 9.17) is 4.74 Å². The van der Waals surface area contributed by atoms with Gasteiger partial charge in [0.1, 0.15) is 9.94 Å². The smallest absolute Gasteiger partial charge is 0.407 e. The van der Waals surface area contributed by atoms with Gasteiger partial charge in [-0.1, -0.05) is 6.07 Å². The molecule has 0 fully saturated rings. The van der Waals surface area contributed by atoms with Gasteiger partial charge in [0.25, 0.3) is 0 Å². The number of carbonyl (C=O) groups is 1. The zero-order valence-electron chi connectivity index (χ0n) is 11.1. The number of hydrogen-bond acceptors (Lipinski definition) is 5. The average Bonchev–Trinajstić information content (AvgIpc) is 2.63. The molecule has 1 heterocycles. The maximum absolute atomic E-state index is 11.5. The third-order valence-corrected chi connectivity index (χ3v) is 3.47. The maximum Gasteiger partial charge on any atom is 0.407 e. The molecule has 2 aromatic rings. The minimum absolute atomic E-state index is 0.410. The first kappa shape index (κ1) is 14.1. The molecule has 1 aromatic carbocycles. The van der Waals surface area contributed by atoms with Crippen molar-refractivity contribution in [2.45, 2.75) is 37.3 Å². The van der Waals surface area contributed by atoms with Crippen LogP contribution >= 0.6 is 24.0 Å². The molecule has 0 spiro atoms. The maximum atomic E-state index is 11.5. The predicted octanol–water partition coefficient (Wildman–Crippen LogP) is 3.61. The molecular weight excluding hydrogens is 280 g/mol. The molecule has 0 aliphatic carbocycles. The van der Waals surface area contributed by atoms with E-state index < -0.39 is 11.7 Å². The minimum atomic E-state index is -0.480. The molecule has 0 atom stereocenters. The number of alkyl carbamates (subject to hydrolysis) is 1. The van der Waals surface area contributed by atoms with Crippen molar-refractivity contribution >= 4 is 40.3 Å². The van der Waals surface area contributed by atoms with Crippen LogP contribution in [0.5, 0.6) is 0 Å². The molecule has 0 saturated carbocycles. The van der Waals surface area contributed by atoms with Gasteiger partial charge in [-0.05, 0) is 38.5 Å². The zero-order chi connectivity index (χ0) is 14.0. The molecule has 6 heteroatoms. The van der Waals surface area contributed by atoms with Crippen LogP contribution in [0.3, 0.4) is 0 Å². The highest BCUT2D eigenvalue weighted by atomic mass is 32.2. The Morgan fingerprint density at radius 1 is 1.47 bits per heavy atom. The molecule has 0 radical (unpaired) electrons. The number of nitrogens with one attached hydrogen (secondary N) is 1. The fourth-order valence-corrected chi connectivity index (χ4v) is 2.73. The number of hydrogen-bond donors (Lipinski definition) is 2. The summed E-state index contributed by atoms with van der Waals surface area (Å²) in [4.78, 5) is 15.8. The van der Waals surface area contributed by atoms with Gasteiger partial charge in [0.15, 0.2) is 0 Å². The number of carbonyl (C=O) groups excluding carboxylic acids is 1. The van der Waals surface area contributed by atoms with E-state index in [2.05, 4.69) is 22.9 Å². The second kappa shape index (κ2) is 5.38. The summed E-state index contributed by atoms with van der Waals surface area (Å²) in [5.41, 5.74) is 1.46. The highest BCUT2D eigenvalue weighted by Crippen LogP contribution is 2.25. The number of ether oxygens (including phenoxy) is 1. The first-order chi connectivity index (χ1) is 8.83. The van der Waals surface area contributed by atoms with Crippen LogP contribution in [0.25, 0.3) is 10.2 Å². The minimum Gasteiger partial charge on any atom is -0.444 e. The van der Waals surface area contributed by atoms with E-state index >= 15 is 0 Å². The van der Waals surface area contributed by atoms with Crippen LogP contribution in [0.1, 0.15) is 26.3 Å². The number of amides is 1. The monoisotopic (exact) mass is 296 g/mol. The van der Waals surface area contributed by atoms with Gasteiger partial charge in [-0.15, -0.1) is 24.0 Å². The summed E-state index contributed by atoms with van der Waals surface area (Å²) in [6.07, 6.45) is -0.410. The lowest BCUT2D eigenvalue weighted by atomic mass is 10.2. The van der Waals surface area contributed by atoms with E-state index in [1.165, 1.54) is 11.3 Å². The summed E-state index contributed by atoms with van der Waals surface area (Å²) < 4.78 is 6.99. The van der Waals surface area contributed by atoms with Gasteiger partial charge >= 0.3 is 6.09 Å². The third-order valence-electron chi connectivity index (χ3n) is 2.28. The highest BCUT2D eigenvalue weighted by Gasteiger charge is 2.15. The first-order valence-corrected chi connectivity index (χ1v) is 7.15. The van der Waals surface area contributed by atoms with Crippen LogP contribution in [-0.4, -0.2) is 16.7 Å². The van der Waals surface area contributed by atoms with Gasteiger partial charge < -0.3 is 10.1 Å². The molecule has 1 amide bonds. The Labute approximate surface area is 121 Å². The van der Waals surface area contributed by atoms with E-state index in [0.29, 0.717) is 6.54 Å². The largest absolute Gasteiger partial charge is 0.444 e. The summed E-state index contributed by atoms with van der Waals surface area (Å²) in [5.74, 6) is 0. The van der Waals surface area contributed by atoms with Crippen molar-refractivity contribution in [3.63, 3.8) is 0 Å². The first-order valence-electron chi connectivity index (χ1n) is 5.89. The summed E-state index contributed by atoms with van der Waals surface area (Å²) in [5, 5.41) is 2.73. The van der Waals surface area contributed by atoms with E-state index in [1.807, 2.05) is 39.0 Å². The van der Waals surface area contributed by atoms with Gasteiger partial charge in [-0.25, -0.2) is 9.78 Å². The van der Waals surface area contributed by atoms with Gasteiger partial charge in [0.2, 0.25) is 0 Å². The molecule has 0 bridgehead atoms. The molecular formula is C13H16N2O2S2. The summed E-state index contributed by atoms with van der Waals surface area (Å²) in [6.45, 7) is 5.95. The van der Waals surface area contributed by atoms with E-state index in [0.717, 1.165) is 20.1 Å². The number of aromatic nitrogens is 1. The normalized spacial score (nSPS) is 11.6. The van der Waals surface area contributed by atoms with Gasteiger partial charge in [0.05, 0.1) is 10.2 Å². The number of nitrogens with zero attached hydrogens (tertiary/aromatic N) is 1. The standard InChI is InChI=1S/C13H16N2O2S2/c1-13(2,3)17-11(16)14-7-8-4-5-9-10(6-8)19-12(18)15-9/h4-6H,7H2,1-3H3,(H,14,16)(H,15,18). The van der Waals surface area contributed by atoms with E-state index in [1.54, 1.807) is 0 Å². The predicted molar refractivity (Wildman–Crippen MR) is 79.9 cm³/mol. The molecule has 1 aromatic heterocycles. The lowest BCUT2D eigenvalue weighted by Gasteiger charge is -2.19. The Bertz CT molecular complexity index is 602. The van der Waals surface area contributed by atoms with Crippen LogP contribution in [0, 0.1) is 0 Å². The number of thiazole rings is 1. The van der Waals surface area contributed by atoms with Gasteiger partial charge in [-0.3, -0.25) is 0 Å². The van der Waals surface area contributed by atoms with Crippen molar-refractivity contribution in [3.8, 4) is 0 Å². The van der Waals surface area contributed by atoms with Crippen molar-refractivity contribution in [1.82, 2.24) is 10.3 Å². The zero-order valence-corrected chi connectivity index (χ0v) is 12.8. The van der Waals surface area contributed by atoms with Crippen molar-refractivity contribution in [3.05, 3.63) is 23.8 Å². The summed E-state index contributed by atoms with van der Waals surface area (Å²) in [6, 6.07) is 5.87. The number of benzene rings is 1. The second-order valence-corrected chi connectivity index (χ2v) is 6.91.